The van der Waals surface area contributed by atoms with Crippen molar-refractivity contribution in [3.05, 3.63) is 59.9 Å². The summed E-state index contributed by atoms with van der Waals surface area (Å²) in [5.41, 5.74) is 7.97. The topological polar surface area (TPSA) is 48.1 Å². The van der Waals surface area contributed by atoms with Gasteiger partial charge in [0.25, 0.3) is 0 Å². The monoisotopic (exact) mass is 242 g/mol. The van der Waals surface area contributed by atoms with Gasteiger partial charge in [-0.1, -0.05) is 18.2 Å². The molecule has 0 saturated heterocycles. The van der Waals surface area contributed by atoms with Gasteiger partial charge in [-0.15, -0.1) is 0 Å². The largest absolute Gasteiger partial charge is 0.493 e. The van der Waals surface area contributed by atoms with Gasteiger partial charge in [0.15, 0.2) is 0 Å². The van der Waals surface area contributed by atoms with E-state index in [1.54, 1.807) is 6.20 Å². The highest BCUT2D eigenvalue weighted by Crippen LogP contribution is 2.17. The average Bonchev–Trinajstić information content (AvgIpc) is 2.40. The smallest absolute Gasteiger partial charge is 0.119 e. The normalized spacial score (nSPS) is 12.1. The van der Waals surface area contributed by atoms with E-state index in [1.807, 2.05) is 49.4 Å². The van der Waals surface area contributed by atoms with Crippen LogP contribution < -0.4 is 10.5 Å². The summed E-state index contributed by atoms with van der Waals surface area (Å²) in [6.45, 7) is 2.59. The van der Waals surface area contributed by atoms with Gasteiger partial charge in [-0.3, -0.25) is 4.98 Å². The molecule has 2 rings (SSSR count). The van der Waals surface area contributed by atoms with Gasteiger partial charge in [-0.05, 0) is 36.8 Å². The highest BCUT2D eigenvalue weighted by atomic mass is 16.5. The molecule has 0 saturated carbocycles. The molecule has 0 fully saturated rings. The fourth-order valence-electron chi connectivity index (χ4n) is 1.71. The lowest BCUT2D eigenvalue weighted by molar-refractivity contribution is 0.320. The molecule has 18 heavy (non-hydrogen) atoms. The summed E-state index contributed by atoms with van der Waals surface area (Å²) < 4.78 is 5.71. The predicted octanol–water partition coefficient (Wildman–Crippen LogP) is 2.72. The van der Waals surface area contributed by atoms with E-state index >= 15 is 0 Å². The molecule has 0 radical (unpaired) electrons. The van der Waals surface area contributed by atoms with Gasteiger partial charge in [0.1, 0.15) is 5.75 Å². The molecule has 94 valence electrons. The summed E-state index contributed by atoms with van der Waals surface area (Å²) in [7, 11) is 0. The molecule has 2 aromatic rings. The molecule has 0 aliphatic carbocycles. The van der Waals surface area contributed by atoms with Crippen LogP contribution in [0.4, 0.5) is 0 Å². The SMILES string of the molecule is C[C@H](N)c1cccc(OCCc2ccccn2)c1. The van der Waals surface area contributed by atoms with E-state index in [1.165, 1.54) is 0 Å². The first-order chi connectivity index (χ1) is 8.75. The maximum Gasteiger partial charge on any atom is 0.119 e. The Labute approximate surface area is 108 Å². The molecule has 0 unspecified atom stereocenters. The Morgan fingerprint density at radius 3 is 2.83 bits per heavy atom. The van der Waals surface area contributed by atoms with Crippen LogP contribution in [0.1, 0.15) is 24.2 Å². The standard InChI is InChI=1S/C15H18N2O/c1-12(16)13-5-4-7-15(11-13)18-10-8-14-6-2-3-9-17-14/h2-7,9,11-12H,8,10,16H2,1H3/t12-/m0/s1. The molecule has 3 nitrogen and oxygen atoms in total. The molecule has 1 heterocycles. The number of hydrogen-bond acceptors (Lipinski definition) is 3. The van der Waals surface area contributed by atoms with E-state index < -0.39 is 0 Å². The summed E-state index contributed by atoms with van der Waals surface area (Å²) in [5.74, 6) is 0.862. The fourth-order valence-corrected chi connectivity index (χ4v) is 1.71. The van der Waals surface area contributed by atoms with E-state index in [9.17, 15) is 0 Å². The number of nitrogens with two attached hydrogens (primary N) is 1. The molecule has 0 amide bonds. The number of aromatic nitrogens is 1. The van der Waals surface area contributed by atoms with Gasteiger partial charge >= 0.3 is 0 Å². The van der Waals surface area contributed by atoms with Crippen LogP contribution >= 0.6 is 0 Å². The van der Waals surface area contributed by atoms with Crippen LogP contribution in [-0.2, 0) is 6.42 Å². The first-order valence-electron chi connectivity index (χ1n) is 6.14. The van der Waals surface area contributed by atoms with E-state index in [2.05, 4.69) is 4.98 Å². The summed E-state index contributed by atoms with van der Waals surface area (Å²) in [5, 5.41) is 0. The first kappa shape index (κ1) is 12.6. The average molecular weight is 242 g/mol. The van der Waals surface area contributed by atoms with Crippen LogP contribution in [0.25, 0.3) is 0 Å². The van der Waals surface area contributed by atoms with Gasteiger partial charge in [-0.2, -0.15) is 0 Å². The van der Waals surface area contributed by atoms with Gasteiger partial charge in [0.05, 0.1) is 6.61 Å². The van der Waals surface area contributed by atoms with Crippen LogP contribution in [0.5, 0.6) is 5.75 Å². The summed E-state index contributed by atoms with van der Waals surface area (Å²) in [4.78, 5) is 4.26. The zero-order valence-corrected chi connectivity index (χ0v) is 10.5. The molecule has 0 spiro atoms. The van der Waals surface area contributed by atoms with Gasteiger partial charge in [0, 0.05) is 24.4 Å². The third-order valence-corrected chi connectivity index (χ3v) is 2.74. The molecule has 1 aromatic carbocycles. The highest BCUT2D eigenvalue weighted by molar-refractivity contribution is 5.30. The lowest BCUT2D eigenvalue weighted by atomic mass is 10.1. The molecule has 1 aromatic heterocycles. The van der Waals surface area contributed by atoms with E-state index in [0.717, 1.165) is 23.4 Å². The van der Waals surface area contributed by atoms with Crippen molar-refractivity contribution in [3.8, 4) is 5.75 Å². The molecule has 0 aliphatic heterocycles. The van der Waals surface area contributed by atoms with Crippen LogP contribution in [0, 0.1) is 0 Å². The number of benzene rings is 1. The van der Waals surface area contributed by atoms with Gasteiger partial charge in [0.2, 0.25) is 0 Å². The molecular formula is C15H18N2O. The summed E-state index contributed by atoms with van der Waals surface area (Å²) >= 11 is 0. The molecule has 0 bridgehead atoms. The van der Waals surface area contributed by atoms with Crippen LogP contribution in [0.15, 0.2) is 48.7 Å². The van der Waals surface area contributed by atoms with Crippen molar-refractivity contribution >= 4 is 0 Å². The van der Waals surface area contributed by atoms with Gasteiger partial charge < -0.3 is 10.5 Å². The maximum absolute atomic E-state index is 5.84. The van der Waals surface area contributed by atoms with E-state index in [0.29, 0.717) is 6.61 Å². The lowest BCUT2D eigenvalue weighted by Gasteiger charge is -2.09. The van der Waals surface area contributed by atoms with Crippen LogP contribution in [0.3, 0.4) is 0 Å². The fraction of sp³-hybridized carbons (Fsp3) is 0.267. The quantitative estimate of drug-likeness (QED) is 0.877. The Kier molecular flexibility index (Phi) is 4.31. The van der Waals surface area contributed by atoms with Crippen molar-refractivity contribution in [1.82, 2.24) is 4.98 Å². The van der Waals surface area contributed by atoms with Crippen LogP contribution in [-0.4, -0.2) is 11.6 Å². The number of ether oxygens (including phenoxy) is 1. The predicted molar refractivity (Wildman–Crippen MR) is 72.5 cm³/mol. The van der Waals surface area contributed by atoms with Crippen molar-refractivity contribution in [2.24, 2.45) is 5.73 Å². The number of pyridine rings is 1. The van der Waals surface area contributed by atoms with Crippen molar-refractivity contribution in [2.45, 2.75) is 19.4 Å². The van der Waals surface area contributed by atoms with Crippen molar-refractivity contribution < 1.29 is 4.74 Å². The second-order valence-corrected chi connectivity index (χ2v) is 4.28. The second kappa shape index (κ2) is 6.17. The van der Waals surface area contributed by atoms with Crippen molar-refractivity contribution in [2.75, 3.05) is 6.61 Å². The molecule has 0 aliphatic rings. The zero-order chi connectivity index (χ0) is 12.8. The Morgan fingerprint density at radius 1 is 1.22 bits per heavy atom. The zero-order valence-electron chi connectivity index (χ0n) is 10.5. The Bertz CT molecular complexity index is 483. The number of nitrogens with zero attached hydrogens (tertiary/aromatic N) is 1. The van der Waals surface area contributed by atoms with Crippen molar-refractivity contribution in [3.63, 3.8) is 0 Å². The minimum Gasteiger partial charge on any atom is -0.493 e. The Hall–Kier alpha value is -1.87. The third kappa shape index (κ3) is 3.57. The third-order valence-electron chi connectivity index (χ3n) is 2.74. The summed E-state index contributed by atoms with van der Waals surface area (Å²) in [6, 6.07) is 13.8. The summed E-state index contributed by atoms with van der Waals surface area (Å²) in [6.07, 6.45) is 2.61. The van der Waals surface area contributed by atoms with Gasteiger partial charge in [-0.25, -0.2) is 0 Å². The maximum atomic E-state index is 5.84. The second-order valence-electron chi connectivity index (χ2n) is 4.28. The van der Waals surface area contributed by atoms with E-state index in [4.69, 9.17) is 10.5 Å². The molecule has 3 heteroatoms. The number of hydrogen-bond donors (Lipinski definition) is 1. The van der Waals surface area contributed by atoms with Crippen LogP contribution in [0.2, 0.25) is 0 Å². The minimum absolute atomic E-state index is 0.0318. The Balaban J connectivity index is 1.89. The lowest BCUT2D eigenvalue weighted by Crippen LogP contribution is -2.06. The Morgan fingerprint density at radius 2 is 2.11 bits per heavy atom. The molecule has 1 atom stereocenters. The number of rotatable bonds is 5. The first-order valence-corrected chi connectivity index (χ1v) is 6.14. The van der Waals surface area contributed by atoms with Crippen molar-refractivity contribution in [1.29, 1.82) is 0 Å². The minimum atomic E-state index is 0.0318. The molecule has 2 N–H and O–H groups in total. The van der Waals surface area contributed by atoms with E-state index in [-0.39, 0.29) is 6.04 Å². The molecular weight excluding hydrogens is 224 g/mol. The highest BCUT2D eigenvalue weighted by Gasteiger charge is 2.01.